The van der Waals surface area contributed by atoms with Crippen LogP contribution in [0.5, 0.6) is 0 Å². The first-order valence-electron chi connectivity index (χ1n) is 5.70. The highest BCUT2D eigenvalue weighted by atomic mass is 19.4. The van der Waals surface area contributed by atoms with Crippen LogP contribution in [0.1, 0.15) is 19.8 Å². The van der Waals surface area contributed by atoms with Crippen molar-refractivity contribution in [3.8, 4) is 0 Å². The van der Waals surface area contributed by atoms with Gasteiger partial charge in [0.15, 0.2) is 0 Å². The Morgan fingerprint density at radius 2 is 1.94 bits per heavy atom. The van der Waals surface area contributed by atoms with Crippen LogP contribution >= 0.6 is 0 Å². The molecule has 1 aliphatic rings. The third kappa shape index (κ3) is 6.35. The summed E-state index contributed by atoms with van der Waals surface area (Å²) in [4.78, 5) is 13.3. The summed E-state index contributed by atoms with van der Waals surface area (Å²) in [5.41, 5.74) is 0. The molecule has 1 aliphatic heterocycles. The molecule has 0 aromatic heterocycles. The maximum absolute atomic E-state index is 11.8. The summed E-state index contributed by atoms with van der Waals surface area (Å²) in [6.45, 7) is 3.16. The van der Waals surface area contributed by atoms with E-state index in [4.69, 9.17) is 0 Å². The molecule has 2 N–H and O–H groups in total. The average Bonchev–Trinajstić information content (AvgIpc) is 2.66. The van der Waals surface area contributed by atoms with Gasteiger partial charge < -0.3 is 15.5 Å². The number of nitrogens with zero attached hydrogens (tertiary/aromatic N) is 1. The standard InChI is InChI=1S/C10H18F3N3O/c1-8(6-16-4-2-3-5-16)15-9(17)14-7-10(11,12)13/h8H,2-7H2,1H3,(H2,14,15,17). The number of likely N-dealkylation sites (tertiary alicyclic amines) is 1. The minimum absolute atomic E-state index is 0.152. The van der Waals surface area contributed by atoms with Crippen molar-refractivity contribution in [2.24, 2.45) is 0 Å². The number of amides is 2. The van der Waals surface area contributed by atoms with Crippen LogP contribution in [0.3, 0.4) is 0 Å². The predicted molar refractivity (Wildman–Crippen MR) is 57.7 cm³/mol. The van der Waals surface area contributed by atoms with Crippen molar-refractivity contribution in [2.45, 2.75) is 32.0 Å². The van der Waals surface area contributed by atoms with Crippen molar-refractivity contribution in [1.29, 1.82) is 0 Å². The van der Waals surface area contributed by atoms with Gasteiger partial charge in [-0.1, -0.05) is 0 Å². The monoisotopic (exact) mass is 253 g/mol. The largest absolute Gasteiger partial charge is 0.405 e. The van der Waals surface area contributed by atoms with E-state index in [9.17, 15) is 18.0 Å². The SMILES string of the molecule is CC(CN1CCCC1)NC(=O)NCC(F)(F)F. The Morgan fingerprint density at radius 1 is 1.35 bits per heavy atom. The van der Waals surface area contributed by atoms with Gasteiger partial charge in [-0.05, 0) is 32.9 Å². The molecular formula is C10H18F3N3O. The van der Waals surface area contributed by atoms with Crippen molar-refractivity contribution in [1.82, 2.24) is 15.5 Å². The van der Waals surface area contributed by atoms with E-state index in [0.717, 1.165) is 25.9 Å². The number of alkyl halides is 3. The Hall–Kier alpha value is -0.980. The minimum Gasteiger partial charge on any atom is -0.334 e. The zero-order valence-corrected chi connectivity index (χ0v) is 9.81. The van der Waals surface area contributed by atoms with Gasteiger partial charge in [0.05, 0.1) is 0 Å². The summed E-state index contributed by atoms with van der Waals surface area (Å²) in [5.74, 6) is 0. The number of hydrogen-bond donors (Lipinski definition) is 2. The summed E-state index contributed by atoms with van der Waals surface area (Å²) in [7, 11) is 0. The summed E-state index contributed by atoms with van der Waals surface area (Å²) in [6.07, 6.45) is -2.07. The Morgan fingerprint density at radius 3 is 2.47 bits per heavy atom. The quantitative estimate of drug-likeness (QED) is 0.794. The number of carbonyl (C=O) groups excluding carboxylic acids is 1. The van der Waals surface area contributed by atoms with Gasteiger partial charge >= 0.3 is 12.2 Å². The molecule has 1 fully saturated rings. The van der Waals surface area contributed by atoms with E-state index in [2.05, 4.69) is 10.2 Å². The molecule has 1 rings (SSSR count). The lowest BCUT2D eigenvalue weighted by atomic mass is 10.3. The highest BCUT2D eigenvalue weighted by Crippen LogP contribution is 2.12. The number of hydrogen-bond acceptors (Lipinski definition) is 2. The first kappa shape index (κ1) is 14.1. The highest BCUT2D eigenvalue weighted by molar-refractivity contribution is 5.74. The molecule has 2 amide bonds. The van der Waals surface area contributed by atoms with E-state index >= 15 is 0 Å². The van der Waals surface area contributed by atoms with E-state index < -0.39 is 18.8 Å². The molecule has 1 atom stereocenters. The lowest BCUT2D eigenvalue weighted by Crippen LogP contribution is -2.47. The highest BCUT2D eigenvalue weighted by Gasteiger charge is 2.28. The molecule has 1 saturated heterocycles. The molecule has 17 heavy (non-hydrogen) atoms. The van der Waals surface area contributed by atoms with Crippen LogP contribution in [0.4, 0.5) is 18.0 Å². The van der Waals surface area contributed by atoms with Gasteiger partial charge in [-0.3, -0.25) is 0 Å². The molecule has 1 unspecified atom stereocenters. The number of halogens is 3. The van der Waals surface area contributed by atoms with Gasteiger partial charge in [-0.2, -0.15) is 13.2 Å². The van der Waals surface area contributed by atoms with Gasteiger partial charge in [-0.25, -0.2) is 4.79 Å². The molecule has 0 aromatic rings. The maximum Gasteiger partial charge on any atom is 0.405 e. The molecule has 0 aromatic carbocycles. The first-order chi connectivity index (χ1) is 7.87. The van der Waals surface area contributed by atoms with Gasteiger partial charge in [0, 0.05) is 12.6 Å². The van der Waals surface area contributed by atoms with Gasteiger partial charge in [0.1, 0.15) is 6.54 Å². The lowest BCUT2D eigenvalue weighted by Gasteiger charge is -2.21. The number of rotatable bonds is 4. The molecule has 0 bridgehead atoms. The van der Waals surface area contributed by atoms with Gasteiger partial charge in [0.2, 0.25) is 0 Å². The van der Waals surface area contributed by atoms with Crippen molar-refractivity contribution in [3.05, 3.63) is 0 Å². The van der Waals surface area contributed by atoms with Crippen LogP contribution < -0.4 is 10.6 Å². The summed E-state index contributed by atoms with van der Waals surface area (Å²) in [5, 5.41) is 4.27. The van der Waals surface area contributed by atoms with Crippen LogP contribution in [0, 0.1) is 0 Å². The molecule has 100 valence electrons. The first-order valence-corrected chi connectivity index (χ1v) is 5.70. The Balaban J connectivity index is 2.16. The minimum atomic E-state index is -4.37. The molecular weight excluding hydrogens is 235 g/mol. The van der Waals surface area contributed by atoms with Crippen molar-refractivity contribution in [3.63, 3.8) is 0 Å². The summed E-state index contributed by atoms with van der Waals surface area (Å²) >= 11 is 0. The van der Waals surface area contributed by atoms with Crippen LogP contribution in [0.2, 0.25) is 0 Å². The van der Waals surface area contributed by atoms with Gasteiger partial charge in [-0.15, -0.1) is 0 Å². The topological polar surface area (TPSA) is 44.4 Å². The molecule has 0 aliphatic carbocycles. The van der Waals surface area contributed by atoms with E-state index in [1.807, 2.05) is 0 Å². The summed E-state index contributed by atoms with van der Waals surface area (Å²) < 4.78 is 35.5. The van der Waals surface area contributed by atoms with Crippen LogP contribution in [0.15, 0.2) is 0 Å². The van der Waals surface area contributed by atoms with Crippen molar-refractivity contribution < 1.29 is 18.0 Å². The molecule has 7 heteroatoms. The van der Waals surface area contributed by atoms with E-state index in [1.54, 1.807) is 12.2 Å². The molecule has 1 heterocycles. The second-order valence-electron chi connectivity index (χ2n) is 4.35. The number of nitrogens with one attached hydrogen (secondary N) is 2. The zero-order chi connectivity index (χ0) is 12.9. The second kappa shape index (κ2) is 6.09. The fraction of sp³-hybridized carbons (Fsp3) is 0.900. The predicted octanol–water partition coefficient (Wildman–Crippen LogP) is 1.33. The smallest absolute Gasteiger partial charge is 0.334 e. The average molecular weight is 253 g/mol. The Labute approximate surface area is 98.5 Å². The second-order valence-corrected chi connectivity index (χ2v) is 4.35. The number of carbonyl (C=O) groups is 1. The molecule has 4 nitrogen and oxygen atoms in total. The van der Waals surface area contributed by atoms with E-state index in [0.29, 0.717) is 6.54 Å². The molecule has 0 radical (unpaired) electrons. The summed E-state index contributed by atoms with van der Waals surface area (Å²) in [6, 6.07) is -0.921. The zero-order valence-electron chi connectivity index (χ0n) is 9.81. The fourth-order valence-corrected chi connectivity index (χ4v) is 1.85. The van der Waals surface area contributed by atoms with E-state index in [1.165, 1.54) is 0 Å². The van der Waals surface area contributed by atoms with Gasteiger partial charge in [0.25, 0.3) is 0 Å². The molecule has 0 spiro atoms. The Bertz CT molecular complexity index is 252. The number of urea groups is 1. The Kier molecular flexibility index (Phi) is 5.04. The van der Waals surface area contributed by atoms with Crippen LogP contribution in [0.25, 0.3) is 0 Å². The lowest BCUT2D eigenvalue weighted by molar-refractivity contribution is -0.122. The van der Waals surface area contributed by atoms with Crippen LogP contribution in [-0.4, -0.2) is 49.3 Å². The third-order valence-corrected chi connectivity index (χ3v) is 2.56. The maximum atomic E-state index is 11.8. The normalized spacial score (nSPS) is 19.1. The fourth-order valence-electron chi connectivity index (χ4n) is 1.85. The van der Waals surface area contributed by atoms with E-state index in [-0.39, 0.29) is 6.04 Å². The van der Waals surface area contributed by atoms with Crippen LogP contribution in [-0.2, 0) is 0 Å². The van der Waals surface area contributed by atoms with Crippen molar-refractivity contribution >= 4 is 6.03 Å². The third-order valence-electron chi connectivity index (χ3n) is 2.56. The van der Waals surface area contributed by atoms with Crippen molar-refractivity contribution in [2.75, 3.05) is 26.2 Å². The molecule has 0 saturated carbocycles.